The quantitative estimate of drug-likeness (QED) is 0.548. The fourth-order valence-corrected chi connectivity index (χ4v) is 3.58. The third kappa shape index (κ3) is 4.76. The molecule has 3 aromatic rings. The Morgan fingerprint density at radius 2 is 1.86 bits per heavy atom. The molecule has 0 saturated heterocycles. The number of fused-ring (bicyclic) bond motifs is 1. The maximum absolute atomic E-state index is 12.5. The van der Waals surface area contributed by atoms with Crippen molar-refractivity contribution in [3.8, 4) is 11.1 Å². The zero-order valence-corrected chi connectivity index (χ0v) is 16.4. The van der Waals surface area contributed by atoms with E-state index in [2.05, 4.69) is 42.6 Å². The summed E-state index contributed by atoms with van der Waals surface area (Å²) in [6, 6.07) is 16.6. The molecule has 146 valence electrons. The van der Waals surface area contributed by atoms with Gasteiger partial charge in [-0.3, -0.25) is 9.78 Å². The third-order valence-corrected chi connectivity index (χ3v) is 4.90. The Hall–Kier alpha value is -2.72. The predicted molar refractivity (Wildman–Crippen MR) is 114 cm³/mol. The van der Waals surface area contributed by atoms with Gasteiger partial charge in [0, 0.05) is 24.7 Å². The van der Waals surface area contributed by atoms with Crippen LogP contribution in [-0.4, -0.2) is 29.1 Å². The zero-order chi connectivity index (χ0) is 19.8. The number of carbonyl (C=O) groups excluding carboxylic acids is 1. The fourth-order valence-electron chi connectivity index (χ4n) is 3.58. The Labute approximate surface area is 166 Å². The average Bonchev–Trinajstić information content (AvgIpc) is 2.72. The maximum atomic E-state index is 12.5. The van der Waals surface area contributed by atoms with Crippen LogP contribution in [0.4, 0.5) is 0 Å². The van der Waals surface area contributed by atoms with Crippen molar-refractivity contribution in [2.75, 3.05) is 13.2 Å². The van der Waals surface area contributed by atoms with Gasteiger partial charge in [0.2, 0.25) is 5.91 Å². The Bertz CT molecular complexity index is 923. The van der Waals surface area contributed by atoms with Crippen molar-refractivity contribution < 1.29 is 9.90 Å². The van der Waals surface area contributed by atoms with E-state index >= 15 is 0 Å². The number of amides is 1. The summed E-state index contributed by atoms with van der Waals surface area (Å²) in [6.45, 7) is 2.91. The second kappa shape index (κ2) is 10.00. The monoisotopic (exact) mass is 376 g/mol. The lowest BCUT2D eigenvalue weighted by atomic mass is 9.93. The zero-order valence-electron chi connectivity index (χ0n) is 16.4. The first kappa shape index (κ1) is 20.0. The minimum Gasteiger partial charge on any atom is -0.396 e. The molecule has 2 aromatic carbocycles. The number of carbonyl (C=O) groups is 1. The number of pyridine rings is 1. The molecule has 0 aliphatic carbocycles. The molecule has 0 fully saturated rings. The molecule has 1 aromatic heterocycles. The minimum absolute atomic E-state index is 0.0130. The van der Waals surface area contributed by atoms with Crippen molar-refractivity contribution in [2.45, 2.75) is 39.0 Å². The Balaban J connectivity index is 1.99. The Morgan fingerprint density at radius 1 is 1.04 bits per heavy atom. The molecule has 1 heterocycles. The SMILES string of the molecule is CCCc1cccc2c(-c3ccccc3)c(CC(=O)NCCCCO)cnc12. The largest absolute Gasteiger partial charge is 0.396 e. The molecule has 28 heavy (non-hydrogen) atoms. The number of para-hydroxylation sites is 1. The van der Waals surface area contributed by atoms with E-state index in [1.54, 1.807) is 0 Å². The Kier molecular flexibility index (Phi) is 7.15. The molecule has 2 N–H and O–H groups in total. The molecule has 0 aliphatic rings. The summed E-state index contributed by atoms with van der Waals surface area (Å²) in [5.41, 5.74) is 5.40. The molecule has 0 radical (unpaired) electrons. The van der Waals surface area contributed by atoms with Crippen molar-refractivity contribution >= 4 is 16.8 Å². The van der Waals surface area contributed by atoms with E-state index in [9.17, 15) is 4.79 Å². The fraction of sp³-hybridized carbons (Fsp3) is 0.333. The van der Waals surface area contributed by atoms with Gasteiger partial charge in [0.15, 0.2) is 0 Å². The molecule has 0 bridgehead atoms. The van der Waals surface area contributed by atoms with Gasteiger partial charge in [-0.1, -0.05) is 61.9 Å². The maximum Gasteiger partial charge on any atom is 0.224 e. The number of aliphatic hydroxyl groups is 1. The van der Waals surface area contributed by atoms with Gasteiger partial charge >= 0.3 is 0 Å². The number of aryl methyl sites for hydroxylation is 1. The molecule has 0 spiro atoms. The number of hydrogen-bond acceptors (Lipinski definition) is 3. The van der Waals surface area contributed by atoms with Gasteiger partial charge in [0.1, 0.15) is 0 Å². The smallest absolute Gasteiger partial charge is 0.224 e. The minimum atomic E-state index is -0.0130. The van der Waals surface area contributed by atoms with Crippen LogP contribution in [0.2, 0.25) is 0 Å². The van der Waals surface area contributed by atoms with Crippen molar-refractivity contribution in [3.63, 3.8) is 0 Å². The standard InChI is InChI=1S/C24H28N2O2/c1-2-9-19-12-8-13-21-23(18-10-4-3-5-11-18)20(17-26-24(19)21)16-22(28)25-14-6-7-15-27/h3-5,8,10-13,17,27H,2,6-7,9,14-16H2,1H3,(H,25,28). The van der Waals surface area contributed by atoms with E-state index in [-0.39, 0.29) is 12.5 Å². The molecule has 3 rings (SSSR count). The normalized spacial score (nSPS) is 10.9. The molecule has 0 unspecified atom stereocenters. The van der Waals surface area contributed by atoms with Crippen LogP contribution in [0, 0.1) is 0 Å². The molecular formula is C24H28N2O2. The molecule has 4 heteroatoms. The van der Waals surface area contributed by atoms with Crippen molar-refractivity contribution in [1.29, 1.82) is 0 Å². The van der Waals surface area contributed by atoms with E-state index in [4.69, 9.17) is 10.1 Å². The second-order valence-electron chi connectivity index (χ2n) is 7.05. The molecule has 4 nitrogen and oxygen atoms in total. The first-order valence-electron chi connectivity index (χ1n) is 10.1. The highest BCUT2D eigenvalue weighted by molar-refractivity contribution is 5.98. The lowest BCUT2D eigenvalue weighted by molar-refractivity contribution is -0.120. The molecule has 0 aliphatic heterocycles. The second-order valence-corrected chi connectivity index (χ2v) is 7.05. The van der Waals surface area contributed by atoms with E-state index in [1.807, 2.05) is 24.4 Å². The van der Waals surface area contributed by atoms with Gasteiger partial charge in [-0.2, -0.15) is 0 Å². The van der Waals surface area contributed by atoms with Crippen LogP contribution in [0.25, 0.3) is 22.0 Å². The first-order chi connectivity index (χ1) is 13.7. The van der Waals surface area contributed by atoms with E-state index < -0.39 is 0 Å². The molecular weight excluding hydrogens is 348 g/mol. The molecule has 0 saturated carbocycles. The van der Waals surface area contributed by atoms with Crippen LogP contribution in [0.3, 0.4) is 0 Å². The number of hydrogen-bond donors (Lipinski definition) is 2. The summed E-state index contributed by atoms with van der Waals surface area (Å²) >= 11 is 0. The van der Waals surface area contributed by atoms with Gasteiger partial charge in [-0.25, -0.2) is 0 Å². The van der Waals surface area contributed by atoms with Crippen molar-refractivity contribution in [1.82, 2.24) is 10.3 Å². The first-order valence-corrected chi connectivity index (χ1v) is 10.1. The van der Waals surface area contributed by atoms with E-state index in [0.29, 0.717) is 19.4 Å². The van der Waals surface area contributed by atoms with E-state index in [1.165, 1.54) is 5.56 Å². The highest BCUT2D eigenvalue weighted by atomic mass is 16.2. The number of aromatic nitrogens is 1. The number of rotatable bonds is 9. The summed E-state index contributed by atoms with van der Waals surface area (Å²) in [7, 11) is 0. The number of nitrogens with one attached hydrogen (secondary N) is 1. The number of aliphatic hydroxyl groups excluding tert-OH is 1. The highest BCUT2D eigenvalue weighted by Crippen LogP contribution is 2.33. The Morgan fingerprint density at radius 3 is 2.61 bits per heavy atom. The third-order valence-electron chi connectivity index (χ3n) is 4.90. The topological polar surface area (TPSA) is 62.2 Å². The van der Waals surface area contributed by atoms with Crippen LogP contribution >= 0.6 is 0 Å². The summed E-state index contributed by atoms with van der Waals surface area (Å²) < 4.78 is 0. The van der Waals surface area contributed by atoms with Gasteiger partial charge in [0.05, 0.1) is 11.9 Å². The summed E-state index contributed by atoms with van der Waals surface area (Å²) in [5.74, 6) is -0.0130. The van der Waals surface area contributed by atoms with Crippen LogP contribution in [0.15, 0.2) is 54.7 Å². The van der Waals surface area contributed by atoms with Gasteiger partial charge in [-0.05, 0) is 41.5 Å². The lowest BCUT2D eigenvalue weighted by Crippen LogP contribution is -2.26. The summed E-state index contributed by atoms with van der Waals surface area (Å²) in [4.78, 5) is 17.2. The molecule has 0 atom stereocenters. The van der Waals surface area contributed by atoms with Gasteiger partial charge in [0.25, 0.3) is 0 Å². The van der Waals surface area contributed by atoms with Crippen LogP contribution < -0.4 is 5.32 Å². The van der Waals surface area contributed by atoms with Gasteiger partial charge < -0.3 is 10.4 Å². The van der Waals surface area contributed by atoms with Crippen LogP contribution in [0.5, 0.6) is 0 Å². The van der Waals surface area contributed by atoms with E-state index in [0.717, 1.165) is 46.9 Å². The summed E-state index contributed by atoms with van der Waals surface area (Å²) in [5, 5.41) is 12.9. The average molecular weight is 377 g/mol. The number of unbranched alkanes of at least 4 members (excludes halogenated alkanes) is 1. The van der Waals surface area contributed by atoms with Crippen LogP contribution in [-0.2, 0) is 17.6 Å². The number of nitrogens with zero attached hydrogens (tertiary/aromatic N) is 1. The van der Waals surface area contributed by atoms with Crippen LogP contribution in [0.1, 0.15) is 37.3 Å². The lowest BCUT2D eigenvalue weighted by Gasteiger charge is -2.15. The summed E-state index contributed by atoms with van der Waals surface area (Å²) in [6.07, 6.45) is 5.70. The predicted octanol–water partition coefficient (Wildman–Crippen LogP) is 4.29. The highest BCUT2D eigenvalue weighted by Gasteiger charge is 2.15. The van der Waals surface area contributed by atoms with Gasteiger partial charge in [-0.15, -0.1) is 0 Å². The number of benzene rings is 2. The van der Waals surface area contributed by atoms with Crippen molar-refractivity contribution in [3.05, 3.63) is 65.9 Å². The van der Waals surface area contributed by atoms with Crippen molar-refractivity contribution in [2.24, 2.45) is 0 Å². The molecule has 1 amide bonds.